The minimum absolute atomic E-state index is 0.252. The van der Waals surface area contributed by atoms with Crippen molar-refractivity contribution in [1.82, 2.24) is 0 Å². The number of benzene rings is 2. The van der Waals surface area contributed by atoms with Gasteiger partial charge in [0.25, 0.3) is 0 Å². The number of hydrogen-bond acceptors (Lipinski definition) is 2. The van der Waals surface area contributed by atoms with Gasteiger partial charge in [0.1, 0.15) is 0 Å². The molecule has 0 heterocycles. The molecule has 2 aromatic rings. The quantitative estimate of drug-likeness (QED) is 0.852. The molecule has 0 saturated heterocycles. The summed E-state index contributed by atoms with van der Waals surface area (Å²) in [6, 6.07) is 10.8. The van der Waals surface area contributed by atoms with Crippen LogP contribution in [0.1, 0.15) is 23.7 Å². The number of halogens is 2. The molecule has 2 rings (SSSR count). The fraction of sp³-hybridized carbons (Fsp3) is 0.176. The van der Waals surface area contributed by atoms with Crippen LogP contribution < -0.4 is 0 Å². The van der Waals surface area contributed by atoms with Crippen molar-refractivity contribution in [2.75, 3.05) is 0 Å². The number of carbonyl (C=O) groups excluding carboxylic acids is 1. The first kappa shape index (κ1) is 15.8. The maximum atomic E-state index is 14.1. The zero-order chi connectivity index (χ0) is 16.3. The van der Waals surface area contributed by atoms with Gasteiger partial charge in [0.15, 0.2) is 17.4 Å². The molecule has 0 aliphatic rings. The van der Waals surface area contributed by atoms with Crippen LogP contribution in [0.25, 0.3) is 11.1 Å². The average Bonchev–Trinajstić information content (AvgIpc) is 2.50. The molecule has 22 heavy (non-hydrogen) atoms. The van der Waals surface area contributed by atoms with E-state index in [2.05, 4.69) is 0 Å². The van der Waals surface area contributed by atoms with Crippen LogP contribution in [0, 0.1) is 17.6 Å². The highest BCUT2D eigenvalue weighted by atomic mass is 19.2. The van der Waals surface area contributed by atoms with E-state index in [0.717, 1.165) is 6.07 Å². The highest BCUT2D eigenvalue weighted by molar-refractivity contribution is 6.03. The summed E-state index contributed by atoms with van der Waals surface area (Å²) in [6.07, 6.45) is -0.393. The van der Waals surface area contributed by atoms with Gasteiger partial charge < -0.3 is 5.11 Å². The Kier molecular flexibility index (Phi) is 4.65. The van der Waals surface area contributed by atoms with E-state index in [1.165, 1.54) is 13.0 Å². The molecule has 0 fully saturated rings. The number of hydrogen-bond donors (Lipinski definition) is 1. The van der Waals surface area contributed by atoms with Crippen molar-refractivity contribution in [3.63, 3.8) is 0 Å². The maximum Gasteiger partial charge on any atom is 0.306 e. The third kappa shape index (κ3) is 3.19. The summed E-state index contributed by atoms with van der Waals surface area (Å²) in [7, 11) is 0. The van der Waals surface area contributed by atoms with Crippen LogP contribution in [0.15, 0.2) is 42.5 Å². The van der Waals surface area contributed by atoms with Crippen LogP contribution in [0.2, 0.25) is 0 Å². The summed E-state index contributed by atoms with van der Waals surface area (Å²) in [5.41, 5.74) is 0.411. The van der Waals surface area contributed by atoms with Crippen LogP contribution in [-0.4, -0.2) is 16.9 Å². The molecule has 1 N–H and O–H groups in total. The van der Waals surface area contributed by atoms with Gasteiger partial charge in [0.2, 0.25) is 0 Å². The van der Waals surface area contributed by atoms with E-state index < -0.39 is 41.3 Å². The molecule has 0 spiro atoms. The molecule has 2 aromatic carbocycles. The molecule has 0 saturated carbocycles. The second kappa shape index (κ2) is 6.47. The standard InChI is InChI=1S/C17H14F2O3/c1-10(17(21)22)9-14(20)15-12(7-8-13(18)16(15)19)11-5-3-2-4-6-11/h2-8,10H,9H2,1H3,(H,21,22). The van der Waals surface area contributed by atoms with E-state index in [9.17, 15) is 18.4 Å². The lowest BCUT2D eigenvalue weighted by atomic mass is 9.92. The monoisotopic (exact) mass is 304 g/mol. The van der Waals surface area contributed by atoms with E-state index >= 15 is 0 Å². The first-order valence-corrected chi connectivity index (χ1v) is 6.71. The number of carboxylic acids is 1. The van der Waals surface area contributed by atoms with Crippen molar-refractivity contribution in [3.8, 4) is 11.1 Å². The molecule has 1 atom stereocenters. The Morgan fingerprint density at radius 3 is 2.32 bits per heavy atom. The zero-order valence-corrected chi connectivity index (χ0v) is 11.8. The predicted octanol–water partition coefficient (Wildman–Crippen LogP) is 3.93. The first-order chi connectivity index (χ1) is 10.4. The van der Waals surface area contributed by atoms with E-state index in [4.69, 9.17) is 5.11 Å². The minimum Gasteiger partial charge on any atom is -0.481 e. The SMILES string of the molecule is CC(CC(=O)c1c(-c2ccccc2)ccc(F)c1F)C(=O)O. The molecule has 0 aliphatic carbocycles. The Morgan fingerprint density at radius 1 is 1.09 bits per heavy atom. The van der Waals surface area contributed by atoms with Gasteiger partial charge in [-0.15, -0.1) is 0 Å². The third-order valence-corrected chi connectivity index (χ3v) is 3.37. The van der Waals surface area contributed by atoms with Crippen molar-refractivity contribution < 1.29 is 23.5 Å². The lowest BCUT2D eigenvalue weighted by Gasteiger charge is -2.12. The van der Waals surface area contributed by atoms with Gasteiger partial charge in [-0.3, -0.25) is 9.59 Å². The van der Waals surface area contributed by atoms with Gasteiger partial charge in [-0.25, -0.2) is 8.78 Å². The van der Waals surface area contributed by atoms with Gasteiger partial charge in [-0.2, -0.15) is 0 Å². The lowest BCUT2D eigenvalue weighted by molar-refractivity contribution is -0.141. The maximum absolute atomic E-state index is 14.1. The summed E-state index contributed by atoms with van der Waals surface area (Å²) in [5.74, 6) is -5.24. The number of Topliss-reactive ketones (excluding diaryl/α,β-unsaturated/α-hetero) is 1. The Morgan fingerprint density at radius 2 is 1.73 bits per heavy atom. The molecule has 114 valence electrons. The lowest BCUT2D eigenvalue weighted by Crippen LogP contribution is -2.16. The Labute approximate surface area is 126 Å². The molecule has 1 unspecified atom stereocenters. The summed E-state index contributed by atoms with van der Waals surface area (Å²) >= 11 is 0. The van der Waals surface area contributed by atoms with Gasteiger partial charge in [-0.1, -0.05) is 43.3 Å². The Hall–Kier alpha value is -2.56. The van der Waals surface area contributed by atoms with Crippen LogP contribution in [0.4, 0.5) is 8.78 Å². The number of aliphatic carboxylic acids is 1. The Bertz CT molecular complexity index is 711. The van der Waals surface area contributed by atoms with Crippen molar-refractivity contribution in [2.45, 2.75) is 13.3 Å². The van der Waals surface area contributed by atoms with Crippen molar-refractivity contribution in [1.29, 1.82) is 0 Å². The fourth-order valence-corrected chi connectivity index (χ4v) is 2.15. The second-order valence-electron chi connectivity index (χ2n) is 5.02. The fourth-order valence-electron chi connectivity index (χ4n) is 2.15. The van der Waals surface area contributed by atoms with Crippen molar-refractivity contribution >= 4 is 11.8 Å². The van der Waals surface area contributed by atoms with E-state index in [1.807, 2.05) is 0 Å². The first-order valence-electron chi connectivity index (χ1n) is 6.71. The molecular weight excluding hydrogens is 290 g/mol. The van der Waals surface area contributed by atoms with Crippen LogP contribution in [0.3, 0.4) is 0 Å². The molecule has 0 aromatic heterocycles. The number of ketones is 1. The Balaban J connectivity index is 2.51. The van der Waals surface area contributed by atoms with Gasteiger partial charge >= 0.3 is 5.97 Å². The average molecular weight is 304 g/mol. The smallest absolute Gasteiger partial charge is 0.306 e. The molecule has 0 amide bonds. The molecule has 0 bridgehead atoms. The summed E-state index contributed by atoms with van der Waals surface area (Å²) in [4.78, 5) is 23.1. The highest BCUT2D eigenvalue weighted by Gasteiger charge is 2.24. The van der Waals surface area contributed by atoms with E-state index in [1.54, 1.807) is 30.3 Å². The number of carbonyl (C=O) groups is 2. The van der Waals surface area contributed by atoms with Crippen LogP contribution in [-0.2, 0) is 4.79 Å². The molecule has 5 heteroatoms. The van der Waals surface area contributed by atoms with Crippen molar-refractivity contribution in [3.05, 3.63) is 59.7 Å². The van der Waals surface area contributed by atoms with Gasteiger partial charge in [-0.05, 0) is 17.2 Å². The van der Waals surface area contributed by atoms with E-state index in [-0.39, 0.29) is 5.56 Å². The number of rotatable bonds is 5. The second-order valence-corrected chi connectivity index (χ2v) is 5.02. The minimum atomic E-state index is -1.25. The van der Waals surface area contributed by atoms with Crippen molar-refractivity contribution in [2.24, 2.45) is 5.92 Å². The molecule has 3 nitrogen and oxygen atoms in total. The summed E-state index contributed by atoms with van der Waals surface area (Å²) < 4.78 is 27.6. The predicted molar refractivity (Wildman–Crippen MR) is 77.5 cm³/mol. The largest absolute Gasteiger partial charge is 0.481 e. The van der Waals surface area contributed by atoms with E-state index in [0.29, 0.717) is 5.56 Å². The topological polar surface area (TPSA) is 54.4 Å². The molecular formula is C17H14F2O3. The molecule has 0 aliphatic heterocycles. The number of carboxylic acid groups (broad SMARTS) is 1. The van der Waals surface area contributed by atoms with Crippen LogP contribution >= 0.6 is 0 Å². The normalized spacial score (nSPS) is 12.0. The summed E-state index contributed by atoms with van der Waals surface area (Å²) in [6.45, 7) is 1.35. The zero-order valence-electron chi connectivity index (χ0n) is 11.8. The summed E-state index contributed by atoms with van der Waals surface area (Å²) in [5, 5.41) is 8.87. The van der Waals surface area contributed by atoms with Gasteiger partial charge in [0.05, 0.1) is 11.5 Å². The molecule has 0 radical (unpaired) electrons. The highest BCUT2D eigenvalue weighted by Crippen LogP contribution is 2.29. The van der Waals surface area contributed by atoms with Crippen LogP contribution in [0.5, 0.6) is 0 Å². The third-order valence-electron chi connectivity index (χ3n) is 3.37. The van der Waals surface area contributed by atoms with Gasteiger partial charge in [0, 0.05) is 6.42 Å².